The summed E-state index contributed by atoms with van der Waals surface area (Å²) in [4.78, 5) is 33.9. The summed E-state index contributed by atoms with van der Waals surface area (Å²) in [6.45, 7) is 0.0974. The SMILES string of the molecule is COCCN(C(=O)c1ccc(Br)nc1)c1ccc(Oc2ncccc2C(F)(F)F)cc1C(=O)O. The molecule has 1 N–H and O–H groups in total. The van der Waals surface area contributed by atoms with E-state index in [2.05, 4.69) is 25.9 Å². The van der Waals surface area contributed by atoms with Gasteiger partial charge in [-0.05, 0) is 58.4 Å². The minimum absolute atomic E-state index is 0.00174. The van der Waals surface area contributed by atoms with Gasteiger partial charge in [0.25, 0.3) is 5.91 Å². The molecule has 0 aliphatic rings. The smallest absolute Gasteiger partial charge is 0.421 e. The highest BCUT2D eigenvalue weighted by Crippen LogP contribution is 2.37. The average Bonchev–Trinajstić information content (AvgIpc) is 2.80. The second kappa shape index (κ2) is 10.6. The molecule has 8 nitrogen and oxygen atoms in total. The fourth-order valence-electron chi connectivity index (χ4n) is 2.96. The van der Waals surface area contributed by atoms with Crippen LogP contribution in [-0.4, -0.2) is 47.2 Å². The average molecular weight is 540 g/mol. The Kier molecular flexibility index (Phi) is 7.84. The van der Waals surface area contributed by atoms with Crippen LogP contribution in [0.25, 0.3) is 0 Å². The highest BCUT2D eigenvalue weighted by molar-refractivity contribution is 9.10. The van der Waals surface area contributed by atoms with Crippen LogP contribution in [0, 0.1) is 0 Å². The lowest BCUT2D eigenvalue weighted by atomic mass is 10.1. The number of carbonyl (C=O) groups excluding carboxylic acids is 1. The van der Waals surface area contributed by atoms with Crippen molar-refractivity contribution in [3.05, 3.63) is 76.2 Å². The molecular formula is C22H17BrF3N3O5. The zero-order chi connectivity index (χ0) is 24.9. The summed E-state index contributed by atoms with van der Waals surface area (Å²) in [5.74, 6) is -2.89. The molecule has 1 aromatic carbocycles. The van der Waals surface area contributed by atoms with Crippen LogP contribution in [0.4, 0.5) is 18.9 Å². The molecule has 0 spiro atoms. The van der Waals surface area contributed by atoms with E-state index in [1.807, 2.05) is 0 Å². The molecule has 0 saturated heterocycles. The van der Waals surface area contributed by atoms with Crippen LogP contribution >= 0.6 is 15.9 Å². The number of rotatable bonds is 8. The maximum absolute atomic E-state index is 13.2. The molecule has 0 radical (unpaired) electrons. The number of aromatic nitrogens is 2. The Morgan fingerprint density at radius 1 is 1.15 bits per heavy atom. The molecule has 2 aromatic heterocycles. The molecular weight excluding hydrogens is 523 g/mol. The van der Waals surface area contributed by atoms with Gasteiger partial charge in [-0.2, -0.15) is 13.2 Å². The standard InChI is InChI=1S/C22H17BrF3N3O5/c1-33-10-9-29(20(30)13-4-7-18(23)28-12-13)17-6-5-14(11-15(17)21(31)32)34-19-16(22(24,25)26)3-2-8-27-19/h2-8,11-12H,9-10H2,1H3,(H,31,32). The summed E-state index contributed by atoms with van der Waals surface area (Å²) in [7, 11) is 1.42. The van der Waals surface area contributed by atoms with E-state index in [-0.39, 0.29) is 35.7 Å². The molecule has 0 aliphatic heterocycles. The first kappa shape index (κ1) is 25.1. The highest BCUT2D eigenvalue weighted by Gasteiger charge is 2.35. The van der Waals surface area contributed by atoms with Crippen LogP contribution < -0.4 is 9.64 Å². The van der Waals surface area contributed by atoms with Gasteiger partial charge in [0.2, 0.25) is 5.88 Å². The molecule has 0 bridgehead atoms. The lowest BCUT2D eigenvalue weighted by Crippen LogP contribution is -2.35. The molecule has 34 heavy (non-hydrogen) atoms. The van der Waals surface area contributed by atoms with E-state index in [1.165, 1.54) is 36.4 Å². The number of hydrogen-bond donors (Lipinski definition) is 1. The molecule has 0 unspecified atom stereocenters. The molecule has 0 saturated carbocycles. The number of benzene rings is 1. The van der Waals surface area contributed by atoms with Crippen molar-refractivity contribution >= 4 is 33.5 Å². The van der Waals surface area contributed by atoms with E-state index in [1.54, 1.807) is 6.07 Å². The van der Waals surface area contributed by atoms with Crippen LogP contribution in [0.5, 0.6) is 11.6 Å². The summed E-state index contributed by atoms with van der Waals surface area (Å²) in [6.07, 6.45) is -2.28. The Bertz CT molecular complexity index is 1190. The number of nitrogens with zero attached hydrogens (tertiary/aromatic N) is 3. The lowest BCUT2D eigenvalue weighted by Gasteiger charge is -2.24. The fourth-order valence-corrected chi connectivity index (χ4v) is 3.19. The molecule has 2 heterocycles. The summed E-state index contributed by atoms with van der Waals surface area (Å²) < 4.78 is 50.5. The predicted molar refractivity (Wildman–Crippen MR) is 118 cm³/mol. The monoisotopic (exact) mass is 539 g/mol. The minimum atomic E-state index is -4.72. The number of methoxy groups -OCH3 is 1. The molecule has 0 atom stereocenters. The number of carboxylic acid groups (broad SMARTS) is 1. The maximum Gasteiger partial charge on any atom is 0.421 e. The summed E-state index contributed by atoms with van der Waals surface area (Å²) in [6, 6.07) is 8.53. The number of aromatic carboxylic acids is 1. The number of carbonyl (C=O) groups is 2. The third-order valence-corrected chi connectivity index (χ3v) is 4.99. The quantitative estimate of drug-likeness (QED) is 0.400. The van der Waals surface area contributed by atoms with E-state index in [0.29, 0.717) is 4.60 Å². The van der Waals surface area contributed by atoms with E-state index in [9.17, 15) is 27.9 Å². The summed E-state index contributed by atoms with van der Waals surface area (Å²) in [5, 5.41) is 9.76. The zero-order valence-corrected chi connectivity index (χ0v) is 19.1. The first-order chi connectivity index (χ1) is 16.1. The van der Waals surface area contributed by atoms with Crippen molar-refractivity contribution in [2.75, 3.05) is 25.2 Å². The maximum atomic E-state index is 13.2. The Hall–Kier alpha value is -3.51. The highest BCUT2D eigenvalue weighted by atomic mass is 79.9. The van der Waals surface area contributed by atoms with Crippen molar-refractivity contribution in [1.29, 1.82) is 0 Å². The third kappa shape index (κ3) is 5.88. The first-order valence-electron chi connectivity index (χ1n) is 9.61. The van der Waals surface area contributed by atoms with Gasteiger partial charge in [0, 0.05) is 26.0 Å². The van der Waals surface area contributed by atoms with Gasteiger partial charge < -0.3 is 19.5 Å². The predicted octanol–water partition coefficient (Wildman–Crippen LogP) is 5.04. The van der Waals surface area contributed by atoms with Gasteiger partial charge in [0.15, 0.2) is 0 Å². The molecule has 1 amide bonds. The lowest BCUT2D eigenvalue weighted by molar-refractivity contribution is -0.138. The Morgan fingerprint density at radius 3 is 2.53 bits per heavy atom. The van der Waals surface area contributed by atoms with Crippen LogP contribution in [-0.2, 0) is 10.9 Å². The number of pyridine rings is 2. The van der Waals surface area contributed by atoms with Gasteiger partial charge in [-0.3, -0.25) is 4.79 Å². The number of amides is 1. The summed E-state index contributed by atoms with van der Waals surface area (Å²) in [5.41, 5.74) is -1.28. The molecule has 178 valence electrons. The van der Waals surface area contributed by atoms with Crippen molar-refractivity contribution in [3.8, 4) is 11.6 Å². The summed E-state index contributed by atoms with van der Waals surface area (Å²) >= 11 is 3.18. The fraction of sp³-hybridized carbons (Fsp3) is 0.182. The zero-order valence-electron chi connectivity index (χ0n) is 17.5. The molecule has 0 fully saturated rings. The number of halogens is 4. The number of anilines is 1. The van der Waals surface area contributed by atoms with Gasteiger partial charge in [-0.1, -0.05) is 0 Å². The van der Waals surface area contributed by atoms with Crippen LogP contribution in [0.15, 0.2) is 59.5 Å². The van der Waals surface area contributed by atoms with E-state index in [0.717, 1.165) is 24.4 Å². The Labute approximate surface area is 200 Å². The molecule has 0 aliphatic carbocycles. The van der Waals surface area contributed by atoms with Crippen molar-refractivity contribution < 1.29 is 37.3 Å². The minimum Gasteiger partial charge on any atom is -0.478 e. The number of ether oxygens (including phenoxy) is 2. The van der Waals surface area contributed by atoms with Crippen molar-refractivity contribution in [2.45, 2.75) is 6.18 Å². The van der Waals surface area contributed by atoms with Gasteiger partial charge in [-0.25, -0.2) is 14.8 Å². The van der Waals surface area contributed by atoms with E-state index in [4.69, 9.17) is 9.47 Å². The van der Waals surface area contributed by atoms with E-state index < -0.39 is 29.5 Å². The number of carboxylic acids is 1. The van der Waals surface area contributed by atoms with E-state index >= 15 is 0 Å². The number of hydrogen-bond acceptors (Lipinski definition) is 6. The Balaban J connectivity index is 2.01. The van der Waals surface area contributed by atoms with Gasteiger partial charge in [0.05, 0.1) is 23.4 Å². The number of alkyl halides is 3. The topological polar surface area (TPSA) is 102 Å². The third-order valence-electron chi connectivity index (χ3n) is 4.52. The van der Waals surface area contributed by atoms with Crippen molar-refractivity contribution in [3.63, 3.8) is 0 Å². The van der Waals surface area contributed by atoms with Crippen LogP contribution in [0.2, 0.25) is 0 Å². The normalized spacial score (nSPS) is 11.2. The van der Waals surface area contributed by atoms with Crippen molar-refractivity contribution in [2.24, 2.45) is 0 Å². The van der Waals surface area contributed by atoms with Crippen molar-refractivity contribution in [1.82, 2.24) is 9.97 Å². The first-order valence-corrected chi connectivity index (χ1v) is 10.4. The second-order valence-corrected chi connectivity index (χ2v) is 7.57. The van der Waals surface area contributed by atoms with Gasteiger partial charge in [-0.15, -0.1) is 0 Å². The molecule has 3 rings (SSSR count). The largest absolute Gasteiger partial charge is 0.478 e. The van der Waals surface area contributed by atoms with Crippen LogP contribution in [0.1, 0.15) is 26.3 Å². The second-order valence-electron chi connectivity index (χ2n) is 6.76. The van der Waals surface area contributed by atoms with Gasteiger partial charge in [0.1, 0.15) is 15.9 Å². The molecule has 12 heteroatoms. The Morgan fingerprint density at radius 2 is 1.91 bits per heavy atom. The van der Waals surface area contributed by atoms with Gasteiger partial charge >= 0.3 is 12.1 Å². The molecule has 3 aromatic rings. The van der Waals surface area contributed by atoms with Crippen LogP contribution in [0.3, 0.4) is 0 Å².